The lowest BCUT2D eigenvalue weighted by Crippen LogP contribution is -2.55. The van der Waals surface area contributed by atoms with E-state index in [9.17, 15) is 13.5 Å². The molecule has 0 spiro atoms. The van der Waals surface area contributed by atoms with Crippen molar-refractivity contribution in [1.82, 2.24) is 4.90 Å². The standard InChI is InChI=1S/C20H29NO5S/c1-14-2-4-16(5-3-14)27(23,24)18(12-19-25-10-11-26-19)20(22)17-13-21-8-6-15(17)7-9-21/h2-5,15,17-20,22H,6-13H2,1H3. The van der Waals surface area contributed by atoms with Gasteiger partial charge in [-0.1, -0.05) is 17.7 Å². The number of benzene rings is 1. The summed E-state index contributed by atoms with van der Waals surface area (Å²) in [5.74, 6) is 0.380. The largest absolute Gasteiger partial charge is 0.391 e. The number of aliphatic hydroxyl groups is 1. The average Bonchev–Trinajstić information content (AvgIpc) is 3.20. The maximum absolute atomic E-state index is 13.4. The molecule has 0 radical (unpaired) electrons. The minimum absolute atomic E-state index is 0.0147. The van der Waals surface area contributed by atoms with Crippen LogP contribution >= 0.6 is 0 Å². The second kappa shape index (κ2) is 7.79. The third-order valence-electron chi connectivity index (χ3n) is 6.39. The zero-order chi connectivity index (χ0) is 19.0. The molecule has 3 atom stereocenters. The summed E-state index contributed by atoms with van der Waals surface area (Å²) in [6, 6.07) is 6.87. The Morgan fingerprint density at radius 2 is 1.78 bits per heavy atom. The van der Waals surface area contributed by atoms with Crippen LogP contribution in [0.4, 0.5) is 0 Å². The first-order valence-electron chi connectivity index (χ1n) is 9.89. The molecule has 3 unspecified atom stereocenters. The van der Waals surface area contributed by atoms with E-state index in [1.807, 2.05) is 6.92 Å². The molecule has 4 aliphatic heterocycles. The third kappa shape index (κ3) is 3.93. The summed E-state index contributed by atoms with van der Waals surface area (Å²) in [4.78, 5) is 2.60. The number of ether oxygens (including phenoxy) is 2. The molecular weight excluding hydrogens is 366 g/mol. The van der Waals surface area contributed by atoms with Gasteiger partial charge < -0.3 is 19.5 Å². The highest BCUT2D eigenvalue weighted by Crippen LogP contribution is 2.38. The molecule has 0 aromatic heterocycles. The van der Waals surface area contributed by atoms with Crippen molar-refractivity contribution in [2.75, 3.05) is 32.8 Å². The predicted octanol–water partition coefficient (Wildman–Crippen LogP) is 1.60. The molecule has 1 aromatic rings. The quantitative estimate of drug-likeness (QED) is 0.789. The van der Waals surface area contributed by atoms with Gasteiger partial charge in [0.1, 0.15) is 0 Å². The number of hydrogen-bond acceptors (Lipinski definition) is 6. The van der Waals surface area contributed by atoms with Crippen LogP contribution in [-0.4, -0.2) is 68.9 Å². The first-order valence-corrected chi connectivity index (χ1v) is 11.4. The molecule has 4 saturated heterocycles. The van der Waals surface area contributed by atoms with Crippen molar-refractivity contribution in [2.45, 2.75) is 48.7 Å². The summed E-state index contributed by atoms with van der Waals surface area (Å²) in [7, 11) is -3.70. The molecule has 1 aromatic carbocycles. The van der Waals surface area contributed by atoms with Crippen LogP contribution in [0.3, 0.4) is 0 Å². The molecule has 4 aliphatic rings. The van der Waals surface area contributed by atoms with E-state index in [1.165, 1.54) is 0 Å². The van der Waals surface area contributed by atoms with Crippen molar-refractivity contribution in [3.05, 3.63) is 29.8 Å². The Bertz CT molecular complexity index is 736. The van der Waals surface area contributed by atoms with Crippen LogP contribution in [0.5, 0.6) is 0 Å². The van der Waals surface area contributed by atoms with Crippen LogP contribution in [0.25, 0.3) is 0 Å². The van der Waals surface area contributed by atoms with Gasteiger partial charge in [0.25, 0.3) is 0 Å². The number of aryl methyl sites for hydroxylation is 1. The van der Waals surface area contributed by atoms with E-state index < -0.39 is 27.5 Å². The molecule has 2 bridgehead atoms. The van der Waals surface area contributed by atoms with E-state index in [2.05, 4.69) is 4.90 Å². The Morgan fingerprint density at radius 1 is 1.15 bits per heavy atom. The number of aliphatic hydroxyl groups excluding tert-OH is 1. The molecule has 1 N–H and O–H groups in total. The summed E-state index contributed by atoms with van der Waals surface area (Å²) in [5, 5.41) is 10.3. The first kappa shape index (κ1) is 19.3. The molecule has 27 heavy (non-hydrogen) atoms. The van der Waals surface area contributed by atoms with E-state index in [1.54, 1.807) is 24.3 Å². The lowest BCUT2D eigenvalue weighted by atomic mass is 9.75. The van der Waals surface area contributed by atoms with E-state index >= 15 is 0 Å². The molecular formula is C20H29NO5S. The molecule has 6 nitrogen and oxygen atoms in total. The third-order valence-corrected chi connectivity index (χ3v) is 8.59. The number of sulfone groups is 1. The predicted molar refractivity (Wildman–Crippen MR) is 101 cm³/mol. The van der Waals surface area contributed by atoms with Crippen molar-refractivity contribution in [2.24, 2.45) is 11.8 Å². The Kier molecular flexibility index (Phi) is 5.58. The van der Waals surface area contributed by atoms with E-state index in [0.717, 1.165) is 38.0 Å². The normalized spacial score (nSPS) is 31.1. The fourth-order valence-corrected chi connectivity index (χ4v) is 6.60. The highest BCUT2D eigenvalue weighted by molar-refractivity contribution is 7.92. The Morgan fingerprint density at radius 3 is 2.33 bits per heavy atom. The molecule has 4 heterocycles. The zero-order valence-electron chi connectivity index (χ0n) is 15.8. The minimum atomic E-state index is -3.70. The van der Waals surface area contributed by atoms with Gasteiger partial charge in [0, 0.05) is 18.9 Å². The smallest absolute Gasteiger partial charge is 0.183 e. The van der Waals surface area contributed by atoms with Gasteiger partial charge in [-0.05, 0) is 50.9 Å². The molecule has 0 saturated carbocycles. The van der Waals surface area contributed by atoms with Gasteiger partial charge in [0.2, 0.25) is 0 Å². The van der Waals surface area contributed by atoms with Crippen LogP contribution in [0.2, 0.25) is 0 Å². The minimum Gasteiger partial charge on any atom is -0.391 e. The maximum atomic E-state index is 13.4. The first-order chi connectivity index (χ1) is 12.9. The van der Waals surface area contributed by atoms with Crippen LogP contribution in [0.1, 0.15) is 24.8 Å². The van der Waals surface area contributed by atoms with Gasteiger partial charge in [-0.25, -0.2) is 8.42 Å². The molecule has 4 fully saturated rings. The van der Waals surface area contributed by atoms with Crippen LogP contribution in [-0.2, 0) is 19.3 Å². The van der Waals surface area contributed by atoms with Gasteiger partial charge in [-0.3, -0.25) is 0 Å². The molecule has 150 valence electrons. The summed E-state index contributed by atoms with van der Waals surface area (Å²) in [6.07, 6.45) is 0.758. The Labute approximate surface area is 161 Å². The molecule has 5 rings (SSSR count). The molecule has 0 aliphatic carbocycles. The number of nitrogens with zero attached hydrogens (tertiary/aromatic N) is 1. The van der Waals surface area contributed by atoms with Crippen LogP contribution in [0.15, 0.2) is 29.2 Å². The van der Waals surface area contributed by atoms with Gasteiger partial charge in [-0.2, -0.15) is 0 Å². The number of fused-ring (bicyclic) bond motifs is 3. The van der Waals surface area contributed by atoms with Gasteiger partial charge in [-0.15, -0.1) is 0 Å². The van der Waals surface area contributed by atoms with Gasteiger partial charge in [0.15, 0.2) is 16.1 Å². The topological polar surface area (TPSA) is 76.1 Å². The second-order valence-corrected chi connectivity index (χ2v) is 10.3. The van der Waals surface area contributed by atoms with Gasteiger partial charge >= 0.3 is 0 Å². The lowest BCUT2D eigenvalue weighted by molar-refractivity contribution is -0.0681. The molecule has 7 heteroatoms. The average molecular weight is 396 g/mol. The lowest BCUT2D eigenvalue weighted by Gasteiger charge is -2.47. The van der Waals surface area contributed by atoms with E-state index in [0.29, 0.717) is 19.1 Å². The maximum Gasteiger partial charge on any atom is 0.183 e. The van der Waals surface area contributed by atoms with E-state index in [-0.39, 0.29) is 17.2 Å². The summed E-state index contributed by atoms with van der Waals surface area (Å²) < 4.78 is 37.9. The second-order valence-electron chi connectivity index (χ2n) is 8.10. The monoisotopic (exact) mass is 395 g/mol. The fourth-order valence-electron chi connectivity index (χ4n) is 4.76. The van der Waals surface area contributed by atoms with Crippen molar-refractivity contribution < 1.29 is 23.0 Å². The van der Waals surface area contributed by atoms with Crippen molar-refractivity contribution in [3.8, 4) is 0 Å². The number of rotatable bonds is 6. The zero-order valence-corrected chi connectivity index (χ0v) is 16.6. The van der Waals surface area contributed by atoms with Crippen LogP contribution in [0, 0.1) is 18.8 Å². The highest BCUT2D eigenvalue weighted by atomic mass is 32.2. The Hall–Kier alpha value is -0.990. The molecule has 0 amide bonds. The highest BCUT2D eigenvalue weighted by Gasteiger charge is 2.46. The van der Waals surface area contributed by atoms with Crippen molar-refractivity contribution >= 4 is 9.84 Å². The van der Waals surface area contributed by atoms with Crippen molar-refractivity contribution in [3.63, 3.8) is 0 Å². The Balaban J connectivity index is 1.62. The van der Waals surface area contributed by atoms with Gasteiger partial charge in [0.05, 0.1) is 29.5 Å². The van der Waals surface area contributed by atoms with Crippen molar-refractivity contribution in [1.29, 1.82) is 0 Å². The van der Waals surface area contributed by atoms with E-state index in [4.69, 9.17) is 9.47 Å². The summed E-state index contributed by atoms with van der Waals surface area (Å²) in [6.45, 7) is 5.75. The van der Waals surface area contributed by atoms with Crippen LogP contribution < -0.4 is 0 Å². The number of hydrogen-bond donors (Lipinski definition) is 1. The number of piperidine rings is 3. The fraction of sp³-hybridized carbons (Fsp3) is 0.700. The summed E-state index contributed by atoms with van der Waals surface area (Å²) >= 11 is 0. The SMILES string of the molecule is Cc1ccc(S(=O)(=O)C(CC2OCCO2)C(O)C2CN3CCC2CC3)cc1. The summed E-state index contributed by atoms with van der Waals surface area (Å²) in [5.41, 5.74) is 1.01.